The van der Waals surface area contributed by atoms with Crippen molar-refractivity contribution in [2.45, 2.75) is 13.3 Å². The van der Waals surface area contributed by atoms with Crippen LogP contribution < -0.4 is 0 Å². The minimum absolute atomic E-state index is 0.169. The number of nitrogens with zero attached hydrogens (tertiary/aromatic N) is 1. The summed E-state index contributed by atoms with van der Waals surface area (Å²) in [5, 5.41) is 9.72. The quantitative estimate of drug-likeness (QED) is 0.914. The fraction of sp³-hybridized carbons (Fsp3) is 0.385. The zero-order valence-corrected chi connectivity index (χ0v) is 11.8. The van der Waals surface area contributed by atoms with Crippen molar-refractivity contribution >= 4 is 35.1 Å². The number of carboxylic acid groups (broad SMARTS) is 1. The molecule has 1 unspecified atom stereocenters. The summed E-state index contributed by atoms with van der Waals surface area (Å²) >= 11 is 12.0. The second kappa shape index (κ2) is 5.02. The zero-order chi connectivity index (χ0) is 14.2. The molecule has 1 aliphatic heterocycles. The summed E-state index contributed by atoms with van der Waals surface area (Å²) in [5.41, 5.74) is -0.663. The summed E-state index contributed by atoms with van der Waals surface area (Å²) < 4.78 is 0. The maximum Gasteiger partial charge on any atom is 0.311 e. The Bertz CT molecular complexity index is 526. The van der Waals surface area contributed by atoms with Crippen molar-refractivity contribution in [3.63, 3.8) is 0 Å². The number of amides is 1. The predicted molar refractivity (Wildman–Crippen MR) is 72.7 cm³/mol. The van der Waals surface area contributed by atoms with E-state index in [0.29, 0.717) is 13.0 Å². The van der Waals surface area contributed by atoms with Gasteiger partial charge in [0.05, 0.1) is 21.0 Å². The van der Waals surface area contributed by atoms with E-state index >= 15 is 0 Å². The lowest BCUT2D eigenvalue weighted by Gasteiger charge is -2.21. The SMILES string of the molecule is CC1(C(=O)O)CCN(C(=O)c2c(Cl)cccc2Cl)C1. The first-order valence-electron chi connectivity index (χ1n) is 5.82. The van der Waals surface area contributed by atoms with Crippen LogP contribution in [-0.4, -0.2) is 35.0 Å². The molecular weight excluding hydrogens is 289 g/mol. The molecule has 102 valence electrons. The molecule has 1 atom stereocenters. The van der Waals surface area contributed by atoms with Crippen LogP contribution in [0, 0.1) is 5.41 Å². The van der Waals surface area contributed by atoms with Gasteiger partial charge in [0.15, 0.2) is 0 Å². The van der Waals surface area contributed by atoms with Crippen molar-refractivity contribution in [2.24, 2.45) is 5.41 Å². The molecule has 0 aliphatic carbocycles. The minimum Gasteiger partial charge on any atom is -0.481 e. The molecule has 2 rings (SSSR count). The van der Waals surface area contributed by atoms with Crippen LogP contribution >= 0.6 is 23.2 Å². The van der Waals surface area contributed by atoms with Gasteiger partial charge >= 0.3 is 5.97 Å². The number of aliphatic carboxylic acids is 1. The van der Waals surface area contributed by atoms with E-state index in [1.54, 1.807) is 25.1 Å². The van der Waals surface area contributed by atoms with Crippen molar-refractivity contribution in [3.05, 3.63) is 33.8 Å². The van der Waals surface area contributed by atoms with E-state index < -0.39 is 11.4 Å². The van der Waals surface area contributed by atoms with Crippen LogP contribution in [0.4, 0.5) is 0 Å². The van der Waals surface area contributed by atoms with Gasteiger partial charge in [0.1, 0.15) is 0 Å². The lowest BCUT2D eigenvalue weighted by Crippen LogP contribution is -2.35. The van der Waals surface area contributed by atoms with Crippen LogP contribution in [-0.2, 0) is 4.79 Å². The molecule has 0 saturated carbocycles. The molecule has 1 aliphatic rings. The first kappa shape index (κ1) is 14.2. The monoisotopic (exact) mass is 301 g/mol. The molecule has 1 aromatic carbocycles. The van der Waals surface area contributed by atoms with Gasteiger partial charge in [-0.2, -0.15) is 0 Å². The molecule has 1 aromatic rings. The van der Waals surface area contributed by atoms with Crippen LogP contribution in [0.25, 0.3) is 0 Å². The number of benzene rings is 1. The van der Waals surface area contributed by atoms with Gasteiger partial charge in [0.25, 0.3) is 5.91 Å². The normalized spacial score (nSPS) is 22.6. The van der Waals surface area contributed by atoms with Gasteiger partial charge < -0.3 is 10.0 Å². The fourth-order valence-corrected chi connectivity index (χ4v) is 2.73. The number of carbonyl (C=O) groups excluding carboxylic acids is 1. The van der Waals surface area contributed by atoms with E-state index in [0.717, 1.165) is 0 Å². The Morgan fingerprint density at radius 3 is 2.37 bits per heavy atom. The Morgan fingerprint density at radius 1 is 1.32 bits per heavy atom. The number of hydrogen-bond acceptors (Lipinski definition) is 2. The molecule has 0 radical (unpaired) electrons. The topological polar surface area (TPSA) is 57.6 Å². The summed E-state index contributed by atoms with van der Waals surface area (Å²) in [6.07, 6.45) is 0.427. The second-order valence-corrected chi connectivity index (χ2v) is 5.75. The Labute approximate surface area is 120 Å². The third kappa shape index (κ3) is 2.55. The summed E-state index contributed by atoms with van der Waals surface area (Å²) in [4.78, 5) is 25.0. The highest BCUT2D eigenvalue weighted by Gasteiger charge is 2.42. The zero-order valence-electron chi connectivity index (χ0n) is 10.3. The lowest BCUT2D eigenvalue weighted by molar-refractivity contribution is -0.147. The number of likely N-dealkylation sites (tertiary alicyclic amines) is 1. The molecule has 6 heteroatoms. The molecule has 1 saturated heterocycles. The van der Waals surface area contributed by atoms with Crippen LogP contribution in [0.15, 0.2) is 18.2 Å². The molecular formula is C13H13Cl2NO3. The van der Waals surface area contributed by atoms with Gasteiger partial charge in [0, 0.05) is 13.1 Å². The van der Waals surface area contributed by atoms with Gasteiger partial charge in [-0.3, -0.25) is 9.59 Å². The van der Waals surface area contributed by atoms with Crippen LogP contribution in [0.3, 0.4) is 0 Å². The fourth-order valence-electron chi connectivity index (χ4n) is 2.17. The summed E-state index contributed by atoms with van der Waals surface area (Å²) in [5.74, 6) is -1.21. The number of halogens is 2. The molecule has 0 spiro atoms. The van der Waals surface area contributed by atoms with E-state index in [1.165, 1.54) is 4.90 Å². The van der Waals surface area contributed by atoms with E-state index in [4.69, 9.17) is 28.3 Å². The van der Waals surface area contributed by atoms with E-state index in [9.17, 15) is 9.59 Å². The van der Waals surface area contributed by atoms with Crippen molar-refractivity contribution in [3.8, 4) is 0 Å². The Hall–Kier alpha value is -1.26. The maximum atomic E-state index is 12.4. The van der Waals surface area contributed by atoms with Gasteiger partial charge in [0.2, 0.25) is 0 Å². The summed E-state index contributed by atoms with van der Waals surface area (Å²) in [6, 6.07) is 4.84. The van der Waals surface area contributed by atoms with Crippen molar-refractivity contribution in [2.75, 3.05) is 13.1 Å². The molecule has 4 nitrogen and oxygen atoms in total. The van der Waals surface area contributed by atoms with Crippen LogP contribution in [0.2, 0.25) is 10.0 Å². The van der Waals surface area contributed by atoms with E-state index in [2.05, 4.69) is 0 Å². The molecule has 19 heavy (non-hydrogen) atoms. The maximum absolute atomic E-state index is 12.4. The largest absolute Gasteiger partial charge is 0.481 e. The van der Waals surface area contributed by atoms with Crippen molar-refractivity contribution in [1.82, 2.24) is 4.90 Å². The third-order valence-electron chi connectivity index (χ3n) is 3.45. The first-order valence-corrected chi connectivity index (χ1v) is 6.57. The first-order chi connectivity index (χ1) is 8.85. The average molecular weight is 302 g/mol. The highest BCUT2D eigenvalue weighted by molar-refractivity contribution is 6.39. The number of hydrogen-bond donors (Lipinski definition) is 1. The molecule has 0 aromatic heterocycles. The summed E-state index contributed by atoms with van der Waals surface area (Å²) in [6.45, 7) is 2.20. The van der Waals surface area contributed by atoms with Crippen LogP contribution in [0.1, 0.15) is 23.7 Å². The van der Waals surface area contributed by atoms with Gasteiger partial charge in [-0.25, -0.2) is 0 Å². The Morgan fingerprint density at radius 2 is 1.89 bits per heavy atom. The van der Waals surface area contributed by atoms with Crippen LogP contribution in [0.5, 0.6) is 0 Å². The number of carbonyl (C=O) groups is 2. The number of carboxylic acids is 1. The number of rotatable bonds is 2. The van der Waals surface area contributed by atoms with Crippen molar-refractivity contribution < 1.29 is 14.7 Å². The van der Waals surface area contributed by atoms with E-state index in [1.807, 2.05) is 0 Å². The highest BCUT2D eigenvalue weighted by Crippen LogP contribution is 2.33. The molecule has 1 heterocycles. The standard InChI is InChI=1S/C13H13Cl2NO3/c1-13(12(18)19)5-6-16(7-13)11(17)10-8(14)3-2-4-9(10)15/h2-4H,5-7H2,1H3,(H,18,19). The van der Waals surface area contributed by atoms with Gasteiger partial charge in [-0.1, -0.05) is 29.3 Å². The summed E-state index contributed by atoms with van der Waals surface area (Å²) in [7, 11) is 0. The molecule has 1 amide bonds. The minimum atomic E-state index is -0.899. The van der Waals surface area contributed by atoms with Gasteiger partial charge in [-0.05, 0) is 25.5 Å². The smallest absolute Gasteiger partial charge is 0.311 e. The Kier molecular flexibility index (Phi) is 3.74. The third-order valence-corrected chi connectivity index (χ3v) is 4.08. The average Bonchev–Trinajstić information content (AvgIpc) is 2.73. The lowest BCUT2D eigenvalue weighted by atomic mass is 9.90. The van der Waals surface area contributed by atoms with Crippen molar-refractivity contribution in [1.29, 1.82) is 0 Å². The van der Waals surface area contributed by atoms with Gasteiger partial charge in [-0.15, -0.1) is 0 Å². The Balaban J connectivity index is 2.25. The molecule has 1 N–H and O–H groups in total. The molecule has 0 bridgehead atoms. The highest BCUT2D eigenvalue weighted by atomic mass is 35.5. The second-order valence-electron chi connectivity index (χ2n) is 4.94. The predicted octanol–water partition coefficient (Wildman–Crippen LogP) is 2.93. The van der Waals surface area contributed by atoms with E-state index in [-0.39, 0.29) is 28.1 Å². The molecule has 1 fully saturated rings.